The summed E-state index contributed by atoms with van der Waals surface area (Å²) in [6.07, 6.45) is 3.45. The molecule has 0 heterocycles. The highest BCUT2D eigenvalue weighted by molar-refractivity contribution is 4.64. The highest BCUT2D eigenvalue weighted by atomic mass is 16.3. The van der Waals surface area contributed by atoms with Crippen LogP contribution in [-0.2, 0) is 0 Å². The molecule has 0 fully saturated rings. The maximum Gasteiger partial charge on any atom is 0.0770 e. The van der Waals surface area contributed by atoms with E-state index < -0.39 is 18.3 Å². The monoisotopic (exact) mass is 264 g/mol. The predicted molar refractivity (Wildman–Crippen MR) is 69.1 cm³/mol. The fraction of sp³-hybridized carbons (Fsp3) is 1.00. The molecule has 0 aliphatic rings. The number of unbranched alkanes of at least 4 members (excludes halogenated alkanes) is 2. The Hall–Kier alpha value is -0.200. The molecule has 0 amide bonds. The van der Waals surface area contributed by atoms with Gasteiger partial charge >= 0.3 is 0 Å². The van der Waals surface area contributed by atoms with Crippen LogP contribution in [0.1, 0.15) is 51.4 Å². The van der Waals surface area contributed by atoms with E-state index in [1.165, 1.54) is 0 Å². The fourth-order valence-electron chi connectivity index (χ4n) is 1.89. The standard InChI is InChI=1S/C13H28O5/c14-8-4-3-6-12(17)9-11(16)5-1-2-7-13(18)10-15/h11-18H,1-10H2. The summed E-state index contributed by atoms with van der Waals surface area (Å²) >= 11 is 0. The largest absolute Gasteiger partial charge is 0.396 e. The molecule has 5 heteroatoms. The summed E-state index contributed by atoms with van der Waals surface area (Å²) in [7, 11) is 0. The summed E-state index contributed by atoms with van der Waals surface area (Å²) in [5, 5.41) is 45.6. The second-order valence-corrected chi connectivity index (χ2v) is 4.88. The van der Waals surface area contributed by atoms with Crippen molar-refractivity contribution in [2.75, 3.05) is 13.2 Å². The molecule has 0 aliphatic carbocycles. The predicted octanol–water partition coefficient (Wildman–Crippen LogP) is 0.174. The van der Waals surface area contributed by atoms with Crippen LogP contribution in [0.5, 0.6) is 0 Å². The van der Waals surface area contributed by atoms with E-state index in [-0.39, 0.29) is 13.2 Å². The summed E-state index contributed by atoms with van der Waals surface area (Å²) in [5.41, 5.74) is 0. The van der Waals surface area contributed by atoms with E-state index in [4.69, 9.17) is 15.3 Å². The lowest BCUT2D eigenvalue weighted by Crippen LogP contribution is -2.18. The van der Waals surface area contributed by atoms with Gasteiger partial charge in [-0.25, -0.2) is 0 Å². The Labute approximate surface area is 109 Å². The van der Waals surface area contributed by atoms with E-state index in [2.05, 4.69) is 0 Å². The second kappa shape index (κ2) is 11.9. The molecule has 5 N–H and O–H groups in total. The minimum atomic E-state index is -0.661. The summed E-state index contributed by atoms with van der Waals surface area (Å²) in [5.74, 6) is 0. The Bertz CT molecular complexity index is 177. The molecule has 5 nitrogen and oxygen atoms in total. The first-order valence-corrected chi connectivity index (χ1v) is 6.86. The average molecular weight is 264 g/mol. The normalized spacial score (nSPS) is 16.5. The van der Waals surface area contributed by atoms with E-state index in [1.54, 1.807) is 0 Å². The average Bonchev–Trinajstić information content (AvgIpc) is 2.34. The Morgan fingerprint density at radius 2 is 1.06 bits per heavy atom. The lowest BCUT2D eigenvalue weighted by Gasteiger charge is -2.15. The third kappa shape index (κ3) is 10.9. The molecule has 0 bridgehead atoms. The van der Waals surface area contributed by atoms with E-state index in [0.717, 1.165) is 19.3 Å². The number of hydrogen-bond acceptors (Lipinski definition) is 5. The first-order chi connectivity index (χ1) is 8.60. The molecule has 0 aromatic heterocycles. The van der Waals surface area contributed by atoms with Crippen LogP contribution in [0.15, 0.2) is 0 Å². The Morgan fingerprint density at radius 3 is 1.50 bits per heavy atom. The topological polar surface area (TPSA) is 101 Å². The van der Waals surface area contributed by atoms with Crippen LogP contribution in [0.25, 0.3) is 0 Å². The van der Waals surface area contributed by atoms with Crippen LogP contribution in [0.2, 0.25) is 0 Å². The molecule has 18 heavy (non-hydrogen) atoms. The quantitative estimate of drug-likeness (QED) is 0.324. The van der Waals surface area contributed by atoms with E-state index in [0.29, 0.717) is 32.1 Å². The highest BCUT2D eigenvalue weighted by Gasteiger charge is 2.11. The molecule has 3 atom stereocenters. The van der Waals surface area contributed by atoms with Gasteiger partial charge in [0.2, 0.25) is 0 Å². The van der Waals surface area contributed by atoms with E-state index >= 15 is 0 Å². The van der Waals surface area contributed by atoms with Crippen LogP contribution in [-0.4, -0.2) is 57.1 Å². The van der Waals surface area contributed by atoms with Gasteiger partial charge in [-0.2, -0.15) is 0 Å². The zero-order valence-electron chi connectivity index (χ0n) is 11.0. The zero-order chi connectivity index (χ0) is 13.8. The molecule has 0 aromatic carbocycles. The van der Waals surface area contributed by atoms with Crippen LogP contribution in [0.4, 0.5) is 0 Å². The number of hydrogen-bond donors (Lipinski definition) is 5. The van der Waals surface area contributed by atoms with Gasteiger partial charge in [-0.3, -0.25) is 0 Å². The molecule has 0 saturated carbocycles. The van der Waals surface area contributed by atoms with Gasteiger partial charge in [0.15, 0.2) is 0 Å². The third-order valence-electron chi connectivity index (χ3n) is 3.03. The van der Waals surface area contributed by atoms with Crippen molar-refractivity contribution in [1.82, 2.24) is 0 Å². The number of aliphatic hydroxyl groups excluding tert-OH is 5. The molecular formula is C13H28O5. The second-order valence-electron chi connectivity index (χ2n) is 4.88. The maximum atomic E-state index is 9.68. The molecule has 0 rings (SSSR count). The van der Waals surface area contributed by atoms with Gasteiger partial charge in [0.05, 0.1) is 24.9 Å². The zero-order valence-corrected chi connectivity index (χ0v) is 11.0. The van der Waals surface area contributed by atoms with Crippen molar-refractivity contribution in [3.8, 4) is 0 Å². The van der Waals surface area contributed by atoms with Crippen LogP contribution in [0.3, 0.4) is 0 Å². The van der Waals surface area contributed by atoms with Gasteiger partial charge in [0, 0.05) is 6.61 Å². The molecule has 0 saturated heterocycles. The van der Waals surface area contributed by atoms with Crippen molar-refractivity contribution in [3.63, 3.8) is 0 Å². The summed E-state index contributed by atoms with van der Waals surface area (Å²) in [6, 6.07) is 0. The Morgan fingerprint density at radius 1 is 0.611 bits per heavy atom. The summed E-state index contributed by atoms with van der Waals surface area (Å²) < 4.78 is 0. The third-order valence-corrected chi connectivity index (χ3v) is 3.03. The van der Waals surface area contributed by atoms with Crippen molar-refractivity contribution >= 4 is 0 Å². The van der Waals surface area contributed by atoms with Gasteiger partial charge in [-0.05, 0) is 38.5 Å². The van der Waals surface area contributed by atoms with Crippen LogP contribution < -0.4 is 0 Å². The van der Waals surface area contributed by atoms with Crippen molar-refractivity contribution in [3.05, 3.63) is 0 Å². The number of aliphatic hydroxyl groups is 5. The molecular weight excluding hydrogens is 236 g/mol. The number of rotatable bonds is 12. The van der Waals surface area contributed by atoms with Gasteiger partial charge < -0.3 is 25.5 Å². The maximum absolute atomic E-state index is 9.68. The lowest BCUT2D eigenvalue weighted by atomic mass is 10.0. The Balaban J connectivity index is 3.43. The van der Waals surface area contributed by atoms with E-state index in [9.17, 15) is 10.2 Å². The minimum absolute atomic E-state index is 0.141. The molecule has 0 aliphatic heterocycles. The molecule has 110 valence electrons. The Kier molecular flexibility index (Phi) is 11.7. The molecule has 0 spiro atoms. The van der Waals surface area contributed by atoms with Crippen molar-refractivity contribution in [2.45, 2.75) is 69.7 Å². The first kappa shape index (κ1) is 17.8. The van der Waals surface area contributed by atoms with Crippen molar-refractivity contribution in [1.29, 1.82) is 0 Å². The summed E-state index contributed by atoms with van der Waals surface area (Å²) in [4.78, 5) is 0. The van der Waals surface area contributed by atoms with Crippen LogP contribution in [0, 0.1) is 0 Å². The molecule has 3 unspecified atom stereocenters. The van der Waals surface area contributed by atoms with Crippen LogP contribution >= 0.6 is 0 Å². The van der Waals surface area contributed by atoms with E-state index in [1.807, 2.05) is 0 Å². The van der Waals surface area contributed by atoms with Gasteiger partial charge in [-0.15, -0.1) is 0 Å². The van der Waals surface area contributed by atoms with Crippen molar-refractivity contribution < 1.29 is 25.5 Å². The van der Waals surface area contributed by atoms with Gasteiger partial charge in [-0.1, -0.05) is 12.8 Å². The molecule has 0 radical (unpaired) electrons. The SMILES string of the molecule is OCCCCC(O)CC(O)CCCCC(O)CO. The first-order valence-electron chi connectivity index (χ1n) is 6.86. The van der Waals surface area contributed by atoms with Crippen molar-refractivity contribution in [2.24, 2.45) is 0 Å². The van der Waals surface area contributed by atoms with Gasteiger partial charge in [0.25, 0.3) is 0 Å². The smallest absolute Gasteiger partial charge is 0.0770 e. The highest BCUT2D eigenvalue weighted by Crippen LogP contribution is 2.13. The van der Waals surface area contributed by atoms with Gasteiger partial charge in [0.1, 0.15) is 0 Å². The fourth-order valence-corrected chi connectivity index (χ4v) is 1.89. The lowest BCUT2D eigenvalue weighted by molar-refractivity contribution is 0.0636. The minimum Gasteiger partial charge on any atom is -0.396 e. The molecule has 0 aromatic rings. The summed E-state index contributed by atoms with van der Waals surface area (Å²) in [6.45, 7) is -0.0748.